The Bertz CT molecular complexity index is 791. The van der Waals surface area contributed by atoms with Crippen LogP contribution in [0.25, 0.3) is 0 Å². The molecule has 3 aliphatic heterocycles. The fourth-order valence-corrected chi connectivity index (χ4v) is 4.37. The summed E-state index contributed by atoms with van der Waals surface area (Å²) < 4.78 is 12.2. The summed E-state index contributed by atoms with van der Waals surface area (Å²) >= 11 is 0. The summed E-state index contributed by atoms with van der Waals surface area (Å²) in [5.41, 5.74) is 1.92. The fourth-order valence-electron chi connectivity index (χ4n) is 4.37. The van der Waals surface area contributed by atoms with Gasteiger partial charge >= 0.3 is 0 Å². The van der Waals surface area contributed by atoms with Crippen LogP contribution in [-0.2, 0) is 0 Å². The third-order valence-corrected chi connectivity index (χ3v) is 5.80. The second-order valence-corrected chi connectivity index (χ2v) is 7.11. The highest BCUT2D eigenvalue weighted by atomic mass is 16.5. The predicted molar refractivity (Wildman–Crippen MR) is 95.6 cm³/mol. The molecule has 1 fully saturated rings. The van der Waals surface area contributed by atoms with Crippen LogP contribution in [0.2, 0.25) is 0 Å². The highest BCUT2D eigenvalue weighted by molar-refractivity contribution is 5.99. The molecule has 5 nitrogen and oxygen atoms in total. The van der Waals surface area contributed by atoms with Gasteiger partial charge < -0.3 is 14.1 Å². The maximum atomic E-state index is 6.59. The number of likely N-dealkylation sites (tertiary alicyclic amines) is 1. The van der Waals surface area contributed by atoms with Gasteiger partial charge in [0.2, 0.25) is 5.72 Å². The molecule has 1 atom stereocenters. The fraction of sp³-hybridized carbons (Fsp3) is 0.450. The number of ether oxygens (including phenoxy) is 1. The average Bonchev–Trinajstić information content (AvgIpc) is 3.33. The summed E-state index contributed by atoms with van der Waals surface area (Å²) in [6.07, 6.45) is 4.53. The lowest BCUT2D eigenvalue weighted by atomic mass is 9.91. The van der Waals surface area contributed by atoms with Gasteiger partial charge in [0.1, 0.15) is 17.2 Å². The number of para-hydroxylation sites is 1. The van der Waals surface area contributed by atoms with Crippen LogP contribution < -0.4 is 4.74 Å². The monoisotopic (exact) mass is 337 g/mol. The second-order valence-electron chi connectivity index (χ2n) is 7.11. The second kappa shape index (κ2) is 5.63. The molecule has 0 N–H and O–H groups in total. The summed E-state index contributed by atoms with van der Waals surface area (Å²) in [6, 6.07) is 12.6. The lowest BCUT2D eigenvalue weighted by Gasteiger charge is -2.51. The highest BCUT2D eigenvalue weighted by Gasteiger charge is 2.51. The molecule has 1 spiro atoms. The summed E-state index contributed by atoms with van der Waals surface area (Å²) in [5, 5.41) is 7.23. The van der Waals surface area contributed by atoms with Crippen LogP contribution in [0.3, 0.4) is 0 Å². The zero-order valence-corrected chi connectivity index (χ0v) is 14.5. The van der Waals surface area contributed by atoms with E-state index in [1.807, 2.05) is 12.1 Å². The predicted octanol–water partition coefficient (Wildman–Crippen LogP) is 3.64. The summed E-state index contributed by atoms with van der Waals surface area (Å²) in [7, 11) is 0. The number of benzene rings is 1. The zero-order chi connectivity index (χ0) is 16.9. The van der Waals surface area contributed by atoms with E-state index < -0.39 is 0 Å². The Labute approximate surface area is 147 Å². The quantitative estimate of drug-likeness (QED) is 0.839. The van der Waals surface area contributed by atoms with E-state index in [4.69, 9.17) is 14.3 Å². The molecule has 1 saturated heterocycles. The van der Waals surface area contributed by atoms with Crippen LogP contribution in [0.15, 0.2) is 52.2 Å². The van der Waals surface area contributed by atoms with Gasteiger partial charge in [-0.3, -0.25) is 0 Å². The number of nitrogens with zero attached hydrogens (tertiary/aromatic N) is 3. The normalized spacial score (nSPS) is 24.6. The van der Waals surface area contributed by atoms with E-state index in [0.717, 1.165) is 56.1 Å². The number of hydrogen-bond donors (Lipinski definition) is 0. The standard InChI is InChI=1S/C20H23N3O2/c1-2-22-11-9-20(10-12-22)23-17(15-6-3-4-7-18(15)25-20)14-16(21-23)19-8-5-13-24-19/h3-8,13,17H,2,9-12,14H2,1H3/t17-/m0/s1. The van der Waals surface area contributed by atoms with Crippen molar-refractivity contribution in [2.24, 2.45) is 5.10 Å². The van der Waals surface area contributed by atoms with Crippen molar-refractivity contribution in [3.63, 3.8) is 0 Å². The van der Waals surface area contributed by atoms with Gasteiger partial charge in [-0.25, -0.2) is 5.01 Å². The average molecular weight is 337 g/mol. The Balaban J connectivity index is 1.56. The Morgan fingerprint density at radius 1 is 1.16 bits per heavy atom. The molecule has 5 rings (SSSR count). The van der Waals surface area contributed by atoms with E-state index in [2.05, 4.69) is 41.1 Å². The minimum atomic E-state index is -0.334. The van der Waals surface area contributed by atoms with Crippen molar-refractivity contribution in [1.82, 2.24) is 9.91 Å². The molecule has 0 amide bonds. The Morgan fingerprint density at radius 2 is 2.00 bits per heavy atom. The molecule has 5 heteroatoms. The van der Waals surface area contributed by atoms with Crippen molar-refractivity contribution >= 4 is 5.71 Å². The van der Waals surface area contributed by atoms with Crippen LogP contribution in [0.1, 0.15) is 43.6 Å². The van der Waals surface area contributed by atoms with Crippen molar-refractivity contribution in [1.29, 1.82) is 0 Å². The van der Waals surface area contributed by atoms with E-state index in [0.29, 0.717) is 0 Å². The molecule has 0 bridgehead atoms. The van der Waals surface area contributed by atoms with E-state index >= 15 is 0 Å². The summed E-state index contributed by atoms with van der Waals surface area (Å²) in [5.74, 6) is 1.89. The number of piperidine rings is 1. The van der Waals surface area contributed by atoms with Gasteiger partial charge in [-0.1, -0.05) is 25.1 Å². The van der Waals surface area contributed by atoms with Crippen LogP contribution in [0, 0.1) is 0 Å². The Morgan fingerprint density at radius 3 is 2.76 bits per heavy atom. The topological polar surface area (TPSA) is 41.2 Å². The van der Waals surface area contributed by atoms with Crippen LogP contribution >= 0.6 is 0 Å². The smallest absolute Gasteiger partial charge is 0.200 e. The molecule has 0 unspecified atom stereocenters. The van der Waals surface area contributed by atoms with E-state index in [-0.39, 0.29) is 11.8 Å². The minimum Gasteiger partial charge on any atom is -0.466 e. The van der Waals surface area contributed by atoms with Crippen molar-refractivity contribution in [2.75, 3.05) is 19.6 Å². The van der Waals surface area contributed by atoms with Crippen molar-refractivity contribution in [3.05, 3.63) is 54.0 Å². The Kier molecular flexibility index (Phi) is 3.38. The molecule has 0 aliphatic carbocycles. The Hall–Kier alpha value is -2.27. The van der Waals surface area contributed by atoms with E-state index in [1.165, 1.54) is 5.56 Å². The first kappa shape index (κ1) is 15.0. The van der Waals surface area contributed by atoms with Crippen LogP contribution in [-0.4, -0.2) is 41.0 Å². The largest absolute Gasteiger partial charge is 0.466 e. The molecule has 3 aliphatic rings. The van der Waals surface area contributed by atoms with Gasteiger partial charge in [0.05, 0.1) is 12.3 Å². The van der Waals surface area contributed by atoms with E-state index in [9.17, 15) is 0 Å². The van der Waals surface area contributed by atoms with Gasteiger partial charge in [-0.15, -0.1) is 0 Å². The molecular formula is C20H23N3O2. The zero-order valence-electron chi connectivity index (χ0n) is 14.5. The molecule has 1 aromatic carbocycles. The third-order valence-electron chi connectivity index (χ3n) is 5.80. The molecule has 0 saturated carbocycles. The van der Waals surface area contributed by atoms with Crippen LogP contribution in [0.4, 0.5) is 0 Å². The van der Waals surface area contributed by atoms with Gasteiger partial charge in [0.25, 0.3) is 0 Å². The molecule has 130 valence electrons. The van der Waals surface area contributed by atoms with Crippen molar-refractivity contribution in [3.8, 4) is 5.75 Å². The number of hydrazone groups is 1. The molecule has 25 heavy (non-hydrogen) atoms. The molecule has 2 aromatic rings. The minimum absolute atomic E-state index is 0.234. The molecular weight excluding hydrogens is 314 g/mol. The van der Waals surface area contributed by atoms with Gasteiger partial charge in [0, 0.05) is 37.9 Å². The van der Waals surface area contributed by atoms with Crippen LogP contribution in [0.5, 0.6) is 5.75 Å². The summed E-state index contributed by atoms with van der Waals surface area (Å²) in [6.45, 7) is 5.42. The highest BCUT2D eigenvalue weighted by Crippen LogP contribution is 2.49. The maximum absolute atomic E-state index is 6.59. The van der Waals surface area contributed by atoms with E-state index in [1.54, 1.807) is 6.26 Å². The SMILES string of the molecule is CCN1CCC2(CC1)Oc1ccccc1[C@@H]1CC(c3ccco3)=NN12. The van der Waals surface area contributed by atoms with Gasteiger partial charge in [-0.2, -0.15) is 5.10 Å². The summed E-state index contributed by atoms with van der Waals surface area (Å²) in [4.78, 5) is 2.48. The number of rotatable bonds is 2. The van der Waals surface area contributed by atoms with Crippen molar-refractivity contribution in [2.45, 2.75) is 38.0 Å². The molecule has 4 heterocycles. The number of fused-ring (bicyclic) bond motifs is 4. The van der Waals surface area contributed by atoms with Gasteiger partial charge in [-0.05, 0) is 24.7 Å². The number of hydrogen-bond acceptors (Lipinski definition) is 5. The first-order valence-electron chi connectivity index (χ1n) is 9.20. The lowest BCUT2D eigenvalue weighted by Crippen LogP contribution is -2.59. The lowest BCUT2D eigenvalue weighted by molar-refractivity contribution is -0.149. The third kappa shape index (κ3) is 2.29. The first-order valence-corrected chi connectivity index (χ1v) is 9.20. The van der Waals surface area contributed by atoms with Crippen molar-refractivity contribution < 1.29 is 9.15 Å². The molecule has 1 aromatic heterocycles. The maximum Gasteiger partial charge on any atom is 0.200 e. The molecule has 0 radical (unpaired) electrons. The first-order chi connectivity index (χ1) is 12.3. The number of furan rings is 1. The van der Waals surface area contributed by atoms with Gasteiger partial charge in [0.15, 0.2) is 0 Å².